The van der Waals surface area contributed by atoms with Gasteiger partial charge in [-0.25, -0.2) is 9.00 Å². The van der Waals surface area contributed by atoms with Crippen LogP contribution in [0.25, 0.3) is 0 Å². The molecule has 7 nitrogen and oxygen atoms in total. The molecular formula is C16H23N3O4S. The lowest BCUT2D eigenvalue weighted by Crippen LogP contribution is -2.54. The second-order valence-electron chi connectivity index (χ2n) is 6.04. The Morgan fingerprint density at radius 2 is 1.75 bits per heavy atom. The molecule has 0 spiro atoms. The van der Waals surface area contributed by atoms with Crippen molar-refractivity contribution in [3.63, 3.8) is 0 Å². The zero-order valence-corrected chi connectivity index (χ0v) is 14.4. The van der Waals surface area contributed by atoms with Crippen molar-refractivity contribution in [2.45, 2.75) is 11.4 Å². The Kier molecular flexibility index (Phi) is 5.83. The van der Waals surface area contributed by atoms with Gasteiger partial charge in [0.1, 0.15) is 0 Å². The van der Waals surface area contributed by atoms with Gasteiger partial charge in [-0.1, -0.05) is 12.1 Å². The van der Waals surface area contributed by atoms with Gasteiger partial charge in [-0.05, 0) is 17.7 Å². The first kappa shape index (κ1) is 17.3. The minimum absolute atomic E-state index is 0.107. The van der Waals surface area contributed by atoms with E-state index >= 15 is 0 Å². The van der Waals surface area contributed by atoms with Gasteiger partial charge in [0.2, 0.25) is 0 Å². The second-order valence-corrected chi connectivity index (χ2v) is 7.01. The van der Waals surface area contributed by atoms with Crippen LogP contribution >= 0.6 is 0 Å². The van der Waals surface area contributed by atoms with Crippen LogP contribution in [0, 0.1) is 0 Å². The molecule has 0 aromatic heterocycles. The topological polar surface area (TPSA) is 73.3 Å². The molecule has 2 saturated heterocycles. The van der Waals surface area contributed by atoms with Crippen LogP contribution in [0.2, 0.25) is 0 Å². The molecule has 132 valence electrons. The zero-order chi connectivity index (χ0) is 16.9. The Labute approximate surface area is 144 Å². The summed E-state index contributed by atoms with van der Waals surface area (Å²) >= 11 is -1.95. The van der Waals surface area contributed by atoms with Crippen LogP contribution in [0.1, 0.15) is 5.56 Å². The molecule has 1 unspecified atom stereocenters. The zero-order valence-electron chi connectivity index (χ0n) is 13.6. The Bertz CT molecular complexity index is 599. The summed E-state index contributed by atoms with van der Waals surface area (Å²) < 4.78 is 25.6. The fraction of sp³-hybridized carbons (Fsp3) is 0.562. The SMILES string of the molecule is O=C(N1CCOCC1)N1CCN(Cc2cccc(S(=O)O)c2)CC1. The van der Waals surface area contributed by atoms with Gasteiger partial charge in [0.05, 0.1) is 18.1 Å². The molecule has 2 amide bonds. The van der Waals surface area contributed by atoms with Gasteiger partial charge in [0.15, 0.2) is 11.1 Å². The molecule has 0 aliphatic carbocycles. The molecule has 0 saturated carbocycles. The molecule has 8 heteroatoms. The molecule has 24 heavy (non-hydrogen) atoms. The lowest BCUT2D eigenvalue weighted by molar-refractivity contribution is 0.0373. The van der Waals surface area contributed by atoms with Crippen molar-refractivity contribution >= 4 is 17.1 Å². The van der Waals surface area contributed by atoms with Crippen molar-refractivity contribution < 1.29 is 18.3 Å². The third-order valence-corrected chi connectivity index (χ3v) is 5.09. The van der Waals surface area contributed by atoms with Crippen molar-refractivity contribution in [3.8, 4) is 0 Å². The van der Waals surface area contributed by atoms with E-state index < -0.39 is 11.1 Å². The number of amides is 2. The third kappa shape index (κ3) is 4.32. The number of ether oxygens (including phenoxy) is 1. The summed E-state index contributed by atoms with van der Waals surface area (Å²) in [5, 5.41) is 0. The van der Waals surface area contributed by atoms with E-state index in [4.69, 9.17) is 4.74 Å². The minimum Gasteiger partial charge on any atom is -0.378 e. The third-order valence-electron chi connectivity index (χ3n) is 4.43. The van der Waals surface area contributed by atoms with Gasteiger partial charge in [0, 0.05) is 45.8 Å². The molecule has 0 bridgehead atoms. The molecule has 1 aromatic carbocycles. The molecule has 2 aliphatic heterocycles. The highest BCUT2D eigenvalue weighted by atomic mass is 32.2. The maximum Gasteiger partial charge on any atom is 0.320 e. The van der Waals surface area contributed by atoms with Crippen LogP contribution in [0.4, 0.5) is 4.79 Å². The largest absolute Gasteiger partial charge is 0.378 e. The maximum absolute atomic E-state index is 12.5. The summed E-state index contributed by atoms with van der Waals surface area (Å²) in [6.45, 7) is 6.34. The van der Waals surface area contributed by atoms with Crippen molar-refractivity contribution in [1.82, 2.24) is 14.7 Å². The number of carbonyl (C=O) groups is 1. The Balaban J connectivity index is 1.50. The summed E-state index contributed by atoms with van der Waals surface area (Å²) in [7, 11) is 0. The standard InChI is InChI=1S/C16H23N3O4S/c20-16(19-8-10-23-11-9-19)18-6-4-17(5-7-18)13-14-2-1-3-15(12-14)24(21)22/h1-3,12H,4-11,13H2,(H,21,22). The number of piperazine rings is 1. The van der Waals surface area contributed by atoms with Crippen LogP contribution in [-0.2, 0) is 22.4 Å². The molecule has 2 fully saturated rings. The molecule has 1 N–H and O–H groups in total. The Morgan fingerprint density at radius 3 is 2.42 bits per heavy atom. The lowest BCUT2D eigenvalue weighted by atomic mass is 10.2. The van der Waals surface area contributed by atoms with Crippen molar-refractivity contribution in [2.24, 2.45) is 0 Å². The fourth-order valence-corrected chi connectivity index (χ4v) is 3.51. The molecule has 2 aliphatic rings. The summed E-state index contributed by atoms with van der Waals surface area (Å²) in [6, 6.07) is 7.29. The number of carbonyl (C=O) groups excluding carboxylic acids is 1. The minimum atomic E-state index is -1.95. The van der Waals surface area contributed by atoms with E-state index in [-0.39, 0.29) is 6.03 Å². The number of morpholine rings is 1. The van der Waals surface area contributed by atoms with Gasteiger partial charge in [-0.3, -0.25) is 4.90 Å². The maximum atomic E-state index is 12.5. The van der Waals surface area contributed by atoms with Crippen molar-refractivity contribution in [1.29, 1.82) is 0 Å². The van der Waals surface area contributed by atoms with E-state index in [1.54, 1.807) is 18.2 Å². The van der Waals surface area contributed by atoms with Crippen LogP contribution in [0.3, 0.4) is 0 Å². The van der Waals surface area contributed by atoms with E-state index in [2.05, 4.69) is 4.90 Å². The van der Waals surface area contributed by atoms with Gasteiger partial charge in [-0.2, -0.15) is 0 Å². The Hall–Kier alpha value is -1.48. The monoisotopic (exact) mass is 353 g/mol. The smallest absolute Gasteiger partial charge is 0.320 e. The molecule has 1 atom stereocenters. The number of hydrogen-bond donors (Lipinski definition) is 1. The first-order chi connectivity index (χ1) is 11.6. The number of hydrogen-bond acceptors (Lipinski definition) is 4. The molecule has 3 rings (SSSR count). The second kappa shape index (κ2) is 8.06. The number of benzene rings is 1. The highest BCUT2D eigenvalue weighted by Crippen LogP contribution is 2.14. The van der Waals surface area contributed by atoms with Gasteiger partial charge in [-0.15, -0.1) is 0 Å². The molecular weight excluding hydrogens is 330 g/mol. The van der Waals surface area contributed by atoms with E-state index in [9.17, 15) is 13.6 Å². The van der Waals surface area contributed by atoms with E-state index in [1.165, 1.54) is 0 Å². The van der Waals surface area contributed by atoms with Crippen LogP contribution in [0.15, 0.2) is 29.2 Å². The number of nitrogens with zero attached hydrogens (tertiary/aromatic N) is 3. The predicted octanol–water partition coefficient (Wildman–Crippen LogP) is 0.837. The highest BCUT2D eigenvalue weighted by Gasteiger charge is 2.26. The first-order valence-corrected chi connectivity index (χ1v) is 9.28. The van der Waals surface area contributed by atoms with Crippen LogP contribution in [-0.4, -0.2) is 82.0 Å². The van der Waals surface area contributed by atoms with E-state index in [1.807, 2.05) is 15.9 Å². The first-order valence-electron chi connectivity index (χ1n) is 8.17. The summed E-state index contributed by atoms with van der Waals surface area (Å²) in [6.07, 6.45) is 0. The fourth-order valence-electron chi connectivity index (χ4n) is 3.06. The van der Waals surface area contributed by atoms with Crippen LogP contribution in [0.5, 0.6) is 0 Å². The summed E-state index contributed by atoms with van der Waals surface area (Å²) in [4.78, 5) is 18.9. The lowest BCUT2D eigenvalue weighted by Gasteiger charge is -2.38. The highest BCUT2D eigenvalue weighted by molar-refractivity contribution is 7.79. The normalized spacial score (nSPS) is 20.9. The van der Waals surface area contributed by atoms with Gasteiger partial charge in [0.25, 0.3) is 0 Å². The predicted molar refractivity (Wildman–Crippen MR) is 90.1 cm³/mol. The average Bonchev–Trinajstić information content (AvgIpc) is 2.63. The van der Waals surface area contributed by atoms with Gasteiger partial charge >= 0.3 is 6.03 Å². The Morgan fingerprint density at radius 1 is 1.08 bits per heavy atom. The van der Waals surface area contributed by atoms with Gasteiger partial charge < -0.3 is 19.1 Å². The van der Waals surface area contributed by atoms with E-state index in [0.717, 1.165) is 25.2 Å². The number of rotatable bonds is 3. The van der Waals surface area contributed by atoms with Crippen LogP contribution < -0.4 is 0 Å². The van der Waals surface area contributed by atoms with Crippen molar-refractivity contribution in [3.05, 3.63) is 29.8 Å². The van der Waals surface area contributed by atoms with Crippen molar-refractivity contribution in [2.75, 3.05) is 52.5 Å². The molecule has 2 heterocycles. The average molecular weight is 353 g/mol. The quantitative estimate of drug-likeness (QED) is 0.815. The number of urea groups is 1. The van der Waals surface area contributed by atoms with E-state index in [0.29, 0.717) is 44.3 Å². The molecule has 1 aromatic rings. The summed E-state index contributed by atoms with van der Waals surface area (Å²) in [5.74, 6) is 0. The summed E-state index contributed by atoms with van der Waals surface area (Å²) in [5.41, 5.74) is 1.02. The molecule has 0 radical (unpaired) electrons.